The van der Waals surface area contributed by atoms with Crippen molar-refractivity contribution in [1.29, 1.82) is 0 Å². The molecule has 2 heterocycles. The van der Waals surface area contributed by atoms with Crippen LogP contribution in [0, 0.1) is 5.41 Å². The van der Waals surface area contributed by atoms with E-state index in [-0.39, 0.29) is 30.4 Å². The molecule has 0 N–H and O–H groups in total. The number of nitrogens with zero attached hydrogens (tertiary/aromatic N) is 1. The highest BCUT2D eigenvalue weighted by molar-refractivity contribution is 7.92. The Bertz CT molecular complexity index is 789. The second-order valence-corrected chi connectivity index (χ2v) is 10.6. The van der Waals surface area contributed by atoms with Gasteiger partial charge >= 0.3 is 0 Å². The number of hydrogen-bond donors (Lipinski definition) is 0. The zero-order valence-electron chi connectivity index (χ0n) is 15.7. The molecule has 1 saturated heterocycles. The third-order valence-electron chi connectivity index (χ3n) is 5.30. The first kappa shape index (κ1) is 19.0. The number of rotatable bonds is 6. The van der Waals surface area contributed by atoms with Crippen molar-refractivity contribution in [3.05, 3.63) is 23.8 Å². The lowest BCUT2D eigenvalue weighted by molar-refractivity contribution is -0.136. The topological polar surface area (TPSA) is 72.9 Å². The summed E-state index contributed by atoms with van der Waals surface area (Å²) in [4.78, 5) is 14.0. The predicted molar refractivity (Wildman–Crippen MR) is 99.1 cm³/mol. The van der Waals surface area contributed by atoms with Crippen LogP contribution < -0.4 is 9.47 Å². The zero-order valence-corrected chi connectivity index (χ0v) is 16.5. The van der Waals surface area contributed by atoms with Gasteiger partial charge in [0.1, 0.15) is 0 Å². The van der Waals surface area contributed by atoms with Gasteiger partial charge < -0.3 is 14.4 Å². The van der Waals surface area contributed by atoms with Gasteiger partial charge in [-0.25, -0.2) is 8.42 Å². The molecule has 144 valence electrons. The van der Waals surface area contributed by atoms with Crippen LogP contribution in [0.25, 0.3) is 0 Å². The first-order valence-corrected chi connectivity index (χ1v) is 10.8. The second-order valence-electron chi connectivity index (χ2n) is 7.91. The lowest BCUT2D eigenvalue weighted by Gasteiger charge is -2.40. The van der Waals surface area contributed by atoms with Crippen molar-refractivity contribution in [2.24, 2.45) is 5.41 Å². The summed E-state index contributed by atoms with van der Waals surface area (Å²) in [6.45, 7) is 6.62. The molecule has 0 aromatic heterocycles. The van der Waals surface area contributed by atoms with E-state index >= 15 is 0 Å². The van der Waals surface area contributed by atoms with Gasteiger partial charge in [0.05, 0.1) is 11.0 Å². The van der Waals surface area contributed by atoms with Crippen molar-refractivity contribution in [3.8, 4) is 11.5 Å². The maximum atomic E-state index is 12.3. The molecule has 0 spiro atoms. The molecule has 0 saturated carbocycles. The Balaban J connectivity index is 1.67. The smallest absolute Gasteiger partial charge is 0.231 e. The van der Waals surface area contributed by atoms with Gasteiger partial charge in [0.25, 0.3) is 0 Å². The molecule has 26 heavy (non-hydrogen) atoms. The first-order chi connectivity index (χ1) is 12.2. The van der Waals surface area contributed by atoms with E-state index in [4.69, 9.17) is 9.47 Å². The number of likely N-dealkylation sites (tertiary alicyclic amines) is 1. The van der Waals surface area contributed by atoms with Crippen molar-refractivity contribution in [1.82, 2.24) is 4.90 Å². The van der Waals surface area contributed by atoms with E-state index in [1.807, 2.05) is 18.2 Å². The van der Waals surface area contributed by atoms with Crippen LogP contribution in [-0.2, 0) is 21.1 Å². The zero-order chi connectivity index (χ0) is 18.9. The Morgan fingerprint density at radius 1 is 1.23 bits per heavy atom. The quantitative estimate of drug-likeness (QED) is 0.757. The molecule has 0 bridgehead atoms. The van der Waals surface area contributed by atoms with Crippen LogP contribution in [0.1, 0.15) is 39.2 Å². The summed E-state index contributed by atoms with van der Waals surface area (Å²) in [7, 11) is -3.15. The van der Waals surface area contributed by atoms with Gasteiger partial charge in [-0.3, -0.25) is 4.79 Å². The first-order valence-electron chi connectivity index (χ1n) is 9.06. The van der Waals surface area contributed by atoms with Crippen molar-refractivity contribution >= 4 is 15.7 Å². The Kier molecular flexibility index (Phi) is 5.19. The predicted octanol–water partition coefficient (Wildman–Crippen LogP) is 2.41. The number of carbonyl (C=O) groups is 1. The minimum atomic E-state index is -3.15. The van der Waals surface area contributed by atoms with Crippen LogP contribution >= 0.6 is 0 Å². The van der Waals surface area contributed by atoms with Gasteiger partial charge in [0, 0.05) is 19.5 Å². The molecular weight excluding hydrogens is 354 g/mol. The van der Waals surface area contributed by atoms with Crippen molar-refractivity contribution in [2.75, 3.05) is 25.6 Å². The van der Waals surface area contributed by atoms with E-state index in [0.717, 1.165) is 29.9 Å². The Morgan fingerprint density at radius 2 is 1.96 bits per heavy atom. The number of piperidine rings is 1. The van der Waals surface area contributed by atoms with Gasteiger partial charge in [-0.2, -0.15) is 0 Å². The molecule has 0 radical (unpaired) electrons. The van der Waals surface area contributed by atoms with Crippen LogP contribution in [0.2, 0.25) is 0 Å². The molecule has 1 atom stereocenters. The molecule has 0 unspecified atom stereocenters. The molecule has 2 aliphatic heterocycles. The van der Waals surface area contributed by atoms with Crippen LogP contribution in [0.5, 0.6) is 11.5 Å². The molecule has 1 fully saturated rings. The normalized spacial score (nSPS) is 22.9. The maximum Gasteiger partial charge on any atom is 0.231 e. The molecule has 1 aromatic rings. The minimum absolute atomic E-state index is 0.0243. The average molecular weight is 381 g/mol. The Hall–Kier alpha value is -1.76. The lowest BCUT2D eigenvalue weighted by Crippen LogP contribution is -2.48. The van der Waals surface area contributed by atoms with E-state index < -0.39 is 15.1 Å². The number of sulfone groups is 1. The molecule has 2 aliphatic rings. The number of amides is 1. The van der Waals surface area contributed by atoms with Gasteiger partial charge in [0.15, 0.2) is 21.3 Å². The summed E-state index contributed by atoms with van der Waals surface area (Å²) >= 11 is 0. The Labute approximate surface area is 155 Å². The number of fused-ring (bicyclic) bond motifs is 1. The van der Waals surface area contributed by atoms with Gasteiger partial charge in [-0.05, 0) is 49.8 Å². The van der Waals surface area contributed by atoms with Crippen molar-refractivity contribution in [3.63, 3.8) is 0 Å². The molecular formula is C19H27NO5S. The number of benzene rings is 1. The molecule has 0 aliphatic carbocycles. The maximum absolute atomic E-state index is 12.3. The van der Waals surface area contributed by atoms with Crippen LogP contribution in [0.3, 0.4) is 0 Å². The largest absolute Gasteiger partial charge is 0.454 e. The molecule has 3 rings (SSSR count). The summed E-state index contributed by atoms with van der Waals surface area (Å²) < 4.78 is 34.9. The van der Waals surface area contributed by atoms with Gasteiger partial charge in [0.2, 0.25) is 12.7 Å². The lowest BCUT2D eigenvalue weighted by atomic mass is 9.76. The average Bonchev–Trinajstić information content (AvgIpc) is 3.03. The third kappa shape index (κ3) is 4.14. The summed E-state index contributed by atoms with van der Waals surface area (Å²) in [5.74, 6) is 1.60. The standard InChI is InChI=1S/C19H27NO5S/c1-14(2)26(22,23)9-8-20-12-19(3,7-6-18(20)21)11-15-4-5-16-17(10-15)25-13-24-16/h4-5,10,14H,6-9,11-13H2,1-3H3/t19-/m0/s1. The van der Waals surface area contributed by atoms with Crippen molar-refractivity contribution < 1.29 is 22.7 Å². The highest BCUT2D eigenvalue weighted by atomic mass is 32.2. The SMILES string of the molecule is CC(C)S(=O)(=O)CCN1C[C@](C)(Cc2ccc3c(c2)OCO3)CCC1=O. The van der Waals surface area contributed by atoms with E-state index in [0.29, 0.717) is 13.0 Å². The molecule has 7 heteroatoms. The molecule has 1 aromatic carbocycles. The highest BCUT2D eigenvalue weighted by Crippen LogP contribution is 2.37. The fraction of sp³-hybridized carbons (Fsp3) is 0.632. The molecule has 6 nitrogen and oxygen atoms in total. The highest BCUT2D eigenvalue weighted by Gasteiger charge is 2.35. The van der Waals surface area contributed by atoms with Crippen molar-refractivity contribution in [2.45, 2.75) is 45.3 Å². The summed E-state index contributed by atoms with van der Waals surface area (Å²) in [6.07, 6.45) is 2.07. The Morgan fingerprint density at radius 3 is 2.69 bits per heavy atom. The van der Waals surface area contributed by atoms with Crippen LogP contribution in [0.15, 0.2) is 18.2 Å². The summed E-state index contributed by atoms with van der Waals surface area (Å²) in [6, 6.07) is 5.95. The van der Waals surface area contributed by atoms with E-state index in [2.05, 4.69) is 6.92 Å². The minimum Gasteiger partial charge on any atom is -0.454 e. The van der Waals surface area contributed by atoms with E-state index in [1.54, 1.807) is 18.7 Å². The number of carbonyl (C=O) groups excluding carboxylic acids is 1. The van der Waals surface area contributed by atoms with Crippen LogP contribution in [-0.4, -0.2) is 50.1 Å². The summed E-state index contributed by atoms with van der Waals surface area (Å²) in [5, 5.41) is -0.414. The fourth-order valence-electron chi connectivity index (χ4n) is 3.56. The number of ether oxygens (including phenoxy) is 2. The third-order valence-corrected chi connectivity index (χ3v) is 7.49. The van der Waals surface area contributed by atoms with E-state index in [1.165, 1.54) is 0 Å². The second kappa shape index (κ2) is 7.10. The molecule has 1 amide bonds. The van der Waals surface area contributed by atoms with Gasteiger partial charge in [-0.15, -0.1) is 0 Å². The monoisotopic (exact) mass is 381 g/mol. The van der Waals surface area contributed by atoms with Crippen LogP contribution in [0.4, 0.5) is 0 Å². The fourth-order valence-corrected chi connectivity index (χ4v) is 4.51. The van der Waals surface area contributed by atoms with Gasteiger partial charge in [-0.1, -0.05) is 13.0 Å². The summed E-state index contributed by atoms with van der Waals surface area (Å²) in [5.41, 5.74) is 1.06. The number of hydrogen-bond acceptors (Lipinski definition) is 5. The van der Waals surface area contributed by atoms with E-state index in [9.17, 15) is 13.2 Å².